The molecule has 0 spiro atoms. The second-order valence-electron chi connectivity index (χ2n) is 5.83. The summed E-state index contributed by atoms with van der Waals surface area (Å²) in [6, 6.07) is 10.2. The average molecular weight is 458 g/mol. The van der Waals surface area contributed by atoms with Crippen LogP contribution in [0.25, 0.3) is 0 Å². The molecule has 0 saturated carbocycles. The molecule has 1 aliphatic heterocycles. The number of methoxy groups -OCH3 is 1. The van der Waals surface area contributed by atoms with E-state index >= 15 is 0 Å². The molecule has 1 atom stereocenters. The quantitative estimate of drug-likeness (QED) is 0.720. The summed E-state index contributed by atoms with van der Waals surface area (Å²) in [6.07, 6.45) is 0.107. The molecule has 0 unspecified atom stereocenters. The van der Waals surface area contributed by atoms with Gasteiger partial charge in [0.1, 0.15) is 5.75 Å². The molecule has 0 radical (unpaired) electrons. The number of hydrogen-bond donors (Lipinski definition) is 1. The van der Waals surface area contributed by atoms with Gasteiger partial charge in [0.15, 0.2) is 0 Å². The van der Waals surface area contributed by atoms with Crippen LogP contribution in [0.3, 0.4) is 0 Å². The van der Waals surface area contributed by atoms with Crippen LogP contribution in [0.1, 0.15) is 6.42 Å². The van der Waals surface area contributed by atoms with Crippen molar-refractivity contribution in [2.75, 3.05) is 23.9 Å². The number of amides is 2. The van der Waals surface area contributed by atoms with Crippen LogP contribution in [0.4, 0.5) is 11.4 Å². The van der Waals surface area contributed by atoms with E-state index in [0.29, 0.717) is 27.2 Å². The van der Waals surface area contributed by atoms with E-state index in [4.69, 9.17) is 27.9 Å². The van der Waals surface area contributed by atoms with Gasteiger partial charge >= 0.3 is 0 Å². The van der Waals surface area contributed by atoms with Gasteiger partial charge in [0.2, 0.25) is 11.8 Å². The fourth-order valence-corrected chi connectivity index (χ4v) is 3.70. The second kappa shape index (κ2) is 7.86. The van der Waals surface area contributed by atoms with Crippen molar-refractivity contribution in [3.8, 4) is 5.75 Å². The Morgan fingerprint density at radius 2 is 2.04 bits per heavy atom. The standard InChI is InChI=1S/C18H15BrCl2N2O3/c1-26-16-5-3-12(20)8-15(16)23-9-10(6-17(23)24)18(25)22-14-4-2-11(19)7-13(14)21/h2-5,7-8,10H,6,9H2,1H3,(H,22,25)/t10-/m1/s1. The van der Waals surface area contributed by atoms with Crippen LogP contribution in [0.15, 0.2) is 40.9 Å². The smallest absolute Gasteiger partial charge is 0.229 e. The molecule has 2 aromatic carbocycles. The highest BCUT2D eigenvalue weighted by Gasteiger charge is 2.36. The fourth-order valence-electron chi connectivity index (χ4n) is 2.82. The van der Waals surface area contributed by atoms with Gasteiger partial charge in [0.05, 0.1) is 29.4 Å². The Hall–Kier alpha value is -1.76. The van der Waals surface area contributed by atoms with Gasteiger partial charge in [-0.15, -0.1) is 0 Å². The first-order valence-electron chi connectivity index (χ1n) is 7.79. The van der Waals surface area contributed by atoms with Crippen molar-refractivity contribution in [3.63, 3.8) is 0 Å². The molecule has 1 fully saturated rings. The lowest BCUT2D eigenvalue weighted by atomic mass is 10.1. The predicted octanol–water partition coefficient (Wildman–Crippen LogP) is 4.76. The Bertz CT molecular complexity index is 876. The first-order valence-corrected chi connectivity index (χ1v) is 9.33. The minimum absolute atomic E-state index is 0.107. The topological polar surface area (TPSA) is 58.6 Å². The Kier molecular flexibility index (Phi) is 5.75. The van der Waals surface area contributed by atoms with Gasteiger partial charge < -0.3 is 15.0 Å². The lowest BCUT2D eigenvalue weighted by Gasteiger charge is -2.20. The first-order chi connectivity index (χ1) is 12.4. The molecule has 0 aromatic heterocycles. The van der Waals surface area contributed by atoms with E-state index in [1.165, 1.54) is 12.0 Å². The summed E-state index contributed by atoms with van der Waals surface area (Å²) >= 11 is 15.5. The number of hydrogen-bond acceptors (Lipinski definition) is 3. The molecule has 2 aromatic rings. The third-order valence-corrected chi connectivity index (χ3v) is 5.16. The molecular weight excluding hydrogens is 443 g/mol. The number of nitrogens with one attached hydrogen (secondary N) is 1. The number of rotatable bonds is 4. The highest BCUT2D eigenvalue weighted by Crippen LogP contribution is 2.35. The monoisotopic (exact) mass is 456 g/mol. The molecule has 8 heteroatoms. The molecular formula is C18H15BrCl2N2O3. The van der Waals surface area contributed by atoms with Gasteiger partial charge in [-0.3, -0.25) is 9.59 Å². The van der Waals surface area contributed by atoms with Crippen LogP contribution in [-0.4, -0.2) is 25.5 Å². The van der Waals surface area contributed by atoms with Crippen molar-refractivity contribution in [2.24, 2.45) is 5.92 Å². The van der Waals surface area contributed by atoms with E-state index in [1.807, 2.05) is 0 Å². The minimum Gasteiger partial charge on any atom is -0.495 e. The normalized spacial score (nSPS) is 16.7. The van der Waals surface area contributed by atoms with Crippen molar-refractivity contribution in [2.45, 2.75) is 6.42 Å². The maximum absolute atomic E-state index is 12.6. The van der Waals surface area contributed by atoms with E-state index in [2.05, 4.69) is 21.2 Å². The van der Waals surface area contributed by atoms with Gasteiger partial charge in [0, 0.05) is 22.5 Å². The number of ether oxygens (including phenoxy) is 1. The number of anilines is 2. The van der Waals surface area contributed by atoms with Crippen molar-refractivity contribution in [1.29, 1.82) is 0 Å². The summed E-state index contributed by atoms with van der Waals surface area (Å²) in [4.78, 5) is 26.6. The number of nitrogens with zero attached hydrogens (tertiary/aromatic N) is 1. The molecule has 3 rings (SSSR count). The number of carbonyl (C=O) groups excluding carboxylic acids is 2. The highest BCUT2D eigenvalue weighted by molar-refractivity contribution is 9.10. The van der Waals surface area contributed by atoms with Gasteiger partial charge in [0.25, 0.3) is 0 Å². The van der Waals surface area contributed by atoms with Gasteiger partial charge in [-0.1, -0.05) is 39.1 Å². The van der Waals surface area contributed by atoms with Gasteiger partial charge in [-0.05, 0) is 36.4 Å². The zero-order chi connectivity index (χ0) is 18.8. The summed E-state index contributed by atoms with van der Waals surface area (Å²) in [7, 11) is 1.52. The van der Waals surface area contributed by atoms with Gasteiger partial charge in [-0.25, -0.2) is 0 Å². The average Bonchev–Trinajstić information content (AvgIpc) is 2.99. The van der Waals surface area contributed by atoms with E-state index < -0.39 is 5.92 Å². The van der Waals surface area contributed by atoms with E-state index in [1.54, 1.807) is 36.4 Å². The summed E-state index contributed by atoms with van der Waals surface area (Å²) in [5.74, 6) is -0.385. The van der Waals surface area contributed by atoms with E-state index in [-0.39, 0.29) is 24.8 Å². The molecule has 2 amide bonds. The Morgan fingerprint density at radius 1 is 1.27 bits per heavy atom. The van der Waals surface area contributed by atoms with Crippen molar-refractivity contribution < 1.29 is 14.3 Å². The Labute approximate surface area is 169 Å². The molecule has 1 heterocycles. The zero-order valence-electron chi connectivity index (χ0n) is 13.8. The first kappa shape index (κ1) is 19.0. The lowest BCUT2D eigenvalue weighted by Crippen LogP contribution is -2.28. The summed E-state index contributed by atoms with van der Waals surface area (Å²) < 4.78 is 6.12. The van der Waals surface area contributed by atoms with Crippen LogP contribution < -0.4 is 15.0 Å². The molecule has 136 valence electrons. The number of halogens is 3. The van der Waals surface area contributed by atoms with Crippen molar-refractivity contribution >= 4 is 62.3 Å². The second-order valence-corrected chi connectivity index (χ2v) is 7.59. The summed E-state index contributed by atoms with van der Waals surface area (Å²) in [5, 5.41) is 3.69. The summed E-state index contributed by atoms with van der Waals surface area (Å²) in [5.41, 5.74) is 1.06. The maximum atomic E-state index is 12.6. The lowest BCUT2D eigenvalue weighted by molar-refractivity contribution is -0.122. The SMILES string of the molecule is COc1ccc(Cl)cc1N1C[C@H](C(=O)Nc2ccc(Br)cc2Cl)CC1=O. The van der Waals surface area contributed by atoms with E-state index in [9.17, 15) is 9.59 Å². The highest BCUT2D eigenvalue weighted by atomic mass is 79.9. The third-order valence-electron chi connectivity index (χ3n) is 4.12. The largest absolute Gasteiger partial charge is 0.495 e. The zero-order valence-corrected chi connectivity index (χ0v) is 16.9. The molecule has 26 heavy (non-hydrogen) atoms. The van der Waals surface area contributed by atoms with Crippen LogP contribution in [0.2, 0.25) is 10.0 Å². The summed E-state index contributed by atoms with van der Waals surface area (Å²) in [6.45, 7) is 0.246. The Morgan fingerprint density at radius 3 is 2.73 bits per heavy atom. The van der Waals surface area contributed by atoms with Gasteiger partial charge in [-0.2, -0.15) is 0 Å². The fraction of sp³-hybridized carbons (Fsp3) is 0.222. The molecule has 1 N–H and O–H groups in total. The maximum Gasteiger partial charge on any atom is 0.229 e. The van der Waals surface area contributed by atoms with E-state index in [0.717, 1.165) is 4.47 Å². The molecule has 1 saturated heterocycles. The van der Waals surface area contributed by atoms with Crippen molar-refractivity contribution in [3.05, 3.63) is 50.9 Å². The van der Waals surface area contributed by atoms with Crippen LogP contribution in [0.5, 0.6) is 5.75 Å². The number of benzene rings is 2. The van der Waals surface area contributed by atoms with Crippen LogP contribution in [-0.2, 0) is 9.59 Å². The molecule has 0 aliphatic carbocycles. The molecule has 5 nitrogen and oxygen atoms in total. The number of carbonyl (C=O) groups is 2. The van der Waals surface area contributed by atoms with Crippen LogP contribution in [0, 0.1) is 5.92 Å². The molecule has 0 bridgehead atoms. The van der Waals surface area contributed by atoms with Crippen molar-refractivity contribution in [1.82, 2.24) is 0 Å². The third kappa shape index (κ3) is 3.98. The predicted molar refractivity (Wildman–Crippen MR) is 106 cm³/mol. The molecule has 1 aliphatic rings. The van der Waals surface area contributed by atoms with Crippen LogP contribution >= 0.6 is 39.1 Å². The Balaban J connectivity index is 1.77. The minimum atomic E-state index is -0.495.